The second-order valence-electron chi connectivity index (χ2n) is 3.68. The number of amides is 1. The Kier molecular flexibility index (Phi) is 4.41. The van der Waals surface area contributed by atoms with Crippen molar-refractivity contribution in [2.45, 2.75) is 6.92 Å². The largest absolute Gasteiger partial charge is 0.462 e. The molecule has 2 rings (SSSR count). The number of hydrogen-bond acceptors (Lipinski definition) is 5. The fourth-order valence-corrected chi connectivity index (χ4v) is 2.27. The van der Waals surface area contributed by atoms with Crippen molar-refractivity contribution in [3.05, 3.63) is 46.9 Å². The number of esters is 1. The molecule has 0 aliphatic carbocycles. The molecule has 0 spiro atoms. The van der Waals surface area contributed by atoms with Crippen molar-refractivity contribution in [1.82, 2.24) is 4.98 Å². The fraction of sp³-hybridized carbons (Fsp3) is 0.154. The molecule has 0 atom stereocenters. The summed E-state index contributed by atoms with van der Waals surface area (Å²) < 4.78 is 18.3. The number of nitrogens with zero attached hydrogens (tertiary/aromatic N) is 1. The lowest BCUT2D eigenvalue weighted by atomic mass is 10.2. The number of rotatable bonds is 4. The van der Waals surface area contributed by atoms with Crippen LogP contribution in [0.15, 0.2) is 29.8 Å². The summed E-state index contributed by atoms with van der Waals surface area (Å²) >= 11 is 1.16. The zero-order chi connectivity index (χ0) is 14.5. The summed E-state index contributed by atoms with van der Waals surface area (Å²) in [6.45, 7) is 1.92. The van der Waals surface area contributed by atoms with Crippen molar-refractivity contribution in [2.24, 2.45) is 0 Å². The van der Waals surface area contributed by atoms with Crippen molar-refractivity contribution in [2.75, 3.05) is 11.9 Å². The van der Waals surface area contributed by atoms with Crippen LogP contribution in [-0.4, -0.2) is 23.5 Å². The number of ether oxygens (including phenoxy) is 1. The smallest absolute Gasteiger partial charge is 0.341 e. The molecular formula is C13H11FN2O3S. The molecule has 0 unspecified atom stereocenters. The Morgan fingerprint density at radius 3 is 2.90 bits per heavy atom. The molecule has 104 valence electrons. The monoisotopic (exact) mass is 294 g/mol. The van der Waals surface area contributed by atoms with E-state index >= 15 is 0 Å². The van der Waals surface area contributed by atoms with Crippen molar-refractivity contribution < 1.29 is 18.7 Å². The Balaban J connectivity index is 2.19. The maximum atomic E-state index is 13.4. The van der Waals surface area contributed by atoms with Gasteiger partial charge in [0.1, 0.15) is 5.00 Å². The van der Waals surface area contributed by atoms with Crippen LogP contribution in [-0.2, 0) is 4.74 Å². The minimum Gasteiger partial charge on any atom is -0.462 e. The van der Waals surface area contributed by atoms with Gasteiger partial charge >= 0.3 is 5.97 Å². The maximum absolute atomic E-state index is 13.4. The van der Waals surface area contributed by atoms with Gasteiger partial charge in [-0.05, 0) is 30.5 Å². The molecule has 2 aromatic rings. The van der Waals surface area contributed by atoms with E-state index in [0.29, 0.717) is 5.00 Å². The summed E-state index contributed by atoms with van der Waals surface area (Å²) in [7, 11) is 0. The first-order valence-electron chi connectivity index (χ1n) is 5.80. The number of carbonyl (C=O) groups excluding carboxylic acids is 2. The molecule has 0 saturated heterocycles. The summed E-state index contributed by atoms with van der Waals surface area (Å²) in [4.78, 5) is 27.0. The molecule has 5 nitrogen and oxygen atoms in total. The van der Waals surface area contributed by atoms with Gasteiger partial charge in [-0.3, -0.25) is 4.79 Å². The van der Waals surface area contributed by atoms with Gasteiger partial charge in [-0.25, -0.2) is 9.78 Å². The highest BCUT2D eigenvalue weighted by Gasteiger charge is 2.18. The molecule has 2 heterocycles. The van der Waals surface area contributed by atoms with Crippen LogP contribution in [0.25, 0.3) is 0 Å². The van der Waals surface area contributed by atoms with Gasteiger partial charge in [-0.15, -0.1) is 11.3 Å². The summed E-state index contributed by atoms with van der Waals surface area (Å²) in [5.74, 6) is -2.06. The molecule has 0 radical (unpaired) electrons. The number of thiophene rings is 1. The topological polar surface area (TPSA) is 68.3 Å². The normalized spacial score (nSPS) is 10.1. The van der Waals surface area contributed by atoms with E-state index in [4.69, 9.17) is 4.74 Å². The van der Waals surface area contributed by atoms with Gasteiger partial charge in [-0.2, -0.15) is 4.39 Å². The van der Waals surface area contributed by atoms with Crippen LogP contribution in [0.3, 0.4) is 0 Å². The Morgan fingerprint density at radius 1 is 1.40 bits per heavy atom. The second kappa shape index (κ2) is 6.25. The van der Waals surface area contributed by atoms with Gasteiger partial charge in [0.15, 0.2) is 0 Å². The van der Waals surface area contributed by atoms with Crippen LogP contribution in [0.5, 0.6) is 0 Å². The van der Waals surface area contributed by atoms with Crippen LogP contribution in [0.2, 0.25) is 0 Å². The highest BCUT2D eigenvalue weighted by atomic mass is 32.1. The SMILES string of the molecule is CCOC(=O)c1ccsc1NC(=O)c1cccnc1F. The first-order valence-corrected chi connectivity index (χ1v) is 6.68. The zero-order valence-corrected chi connectivity index (χ0v) is 11.4. The number of carbonyl (C=O) groups is 2. The Hall–Kier alpha value is -2.28. The van der Waals surface area contributed by atoms with Gasteiger partial charge in [-0.1, -0.05) is 0 Å². The van der Waals surface area contributed by atoms with Gasteiger partial charge in [0.25, 0.3) is 5.91 Å². The number of anilines is 1. The van der Waals surface area contributed by atoms with E-state index < -0.39 is 17.8 Å². The molecule has 0 aromatic carbocycles. The highest BCUT2D eigenvalue weighted by molar-refractivity contribution is 7.14. The van der Waals surface area contributed by atoms with E-state index in [1.54, 1.807) is 12.3 Å². The number of halogens is 1. The first-order chi connectivity index (χ1) is 9.63. The zero-order valence-electron chi connectivity index (χ0n) is 10.6. The molecule has 0 bridgehead atoms. The Bertz CT molecular complexity index is 642. The average Bonchev–Trinajstić information content (AvgIpc) is 2.87. The van der Waals surface area contributed by atoms with Crippen molar-refractivity contribution in [1.29, 1.82) is 0 Å². The van der Waals surface area contributed by atoms with Crippen molar-refractivity contribution in [3.63, 3.8) is 0 Å². The van der Waals surface area contributed by atoms with Gasteiger partial charge in [0.2, 0.25) is 5.95 Å². The van der Waals surface area contributed by atoms with E-state index in [2.05, 4.69) is 10.3 Å². The van der Waals surface area contributed by atoms with E-state index in [0.717, 1.165) is 11.3 Å². The van der Waals surface area contributed by atoms with Gasteiger partial charge in [0, 0.05) is 6.20 Å². The quantitative estimate of drug-likeness (QED) is 0.695. The van der Waals surface area contributed by atoms with E-state index in [1.165, 1.54) is 24.4 Å². The number of nitrogens with one attached hydrogen (secondary N) is 1. The molecule has 2 aromatic heterocycles. The van der Waals surface area contributed by atoms with E-state index in [9.17, 15) is 14.0 Å². The molecule has 0 saturated carbocycles. The lowest BCUT2D eigenvalue weighted by molar-refractivity contribution is 0.0528. The molecule has 0 fully saturated rings. The van der Waals surface area contributed by atoms with Crippen LogP contribution in [0.4, 0.5) is 9.39 Å². The summed E-state index contributed by atoms with van der Waals surface area (Å²) in [6, 6.07) is 4.31. The third kappa shape index (κ3) is 3.00. The molecule has 7 heteroatoms. The van der Waals surface area contributed by atoms with Crippen LogP contribution >= 0.6 is 11.3 Å². The third-order valence-corrected chi connectivity index (χ3v) is 3.22. The maximum Gasteiger partial charge on any atom is 0.341 e. The number of aromatic nitrogens is 1. The molecular weight excluding hydrogens is 283 g/mol. The molecule has 1 amide bonds. The lowest BCUT2D eigenvalue weighted by Gasteiger charge is -2.06. The molecule has 0 aliphatic rings. The predicted octanol–water partition coefficient (Wildman–Crippen LogP) is 2.71. The fourth-order valence-electron chi connectivity index (χ4n) is 1.50. The minimum absolute atomic E-state index is 0.185. The van der Waals surface area contributed by atoms with Crippen LogP contribution < -0.4 is 5.32 Å². The molecule has 20 heavy (non-hydrogen) atoms. The predicted molar refractivity (Wildman–Crippen MR) is 72.4 cm³/mol. The van der Waals surface area contributed by atoms with Crippen LogP contribution in [0.1, 0.15) is 27.6 Å². The van der Waals surface area contributed by atoms with E-state index in [1.807, 2.05) is 0 Å². The first kappa shape index (κ1) is 14.1. The third-order valence-electron chi connectivity index (χ3n) is 2.39. The highest BCUT2D eigenvalue weighted by Crippen LogP contribution is 2.24. The summed E-state index contributed by atoms with van der Waals surface area (Å²) in [5, 5.41) is 4.44. The van der Waals surface area contributed by atoms with E-state index in [-0.39, 0.29) is 17.7 Å². The lowest BCUT2D eigenvalue weighted by Crippen LogP contribution is -2.16. The standard InChI is InChI=1S/C13H11FN2O3S/c1-2-19-13(18)9-5-7-20-12(9)16-11(17)8-4-3-6-15-10(8)14/h3-7H,2H2,1H3,(H,16,17). The Labute approximate surface area is 118 Å². The van der Waals surface area contributed by atoms with Gasteiger partial charge in [0.05, 0.1) is 17.7 Å². The average molecular weight is 294 g/mol. The second-order valence-corrected chi connectivity index (χ2v) is 4.60. The summed E-state index contributed by atoms with van der Waals surface area (Å²) in [5.41, 5.74) is 0.0604. The number of pyridine rings is 1. The summed E-state index contributed by atoms with van der Waals surface area (Å²) in [6.07, 6.45) is 1.25. The van der Waals surface area contributed by atoms with Crippen LogP contribution in [0, 0.1) is 5.95 Å². The van der Waals surface area contributed by atoms with Crippen molar-refractivity contribution >= 4 is 28.2 Å². The number of hydrogen-bond donors (Lipinski definition) is 1. The van der Waals surface area contributed by atoms with Gasteiger partial charge < -0.3 is 10.1 Å². The minimum atomic E-state index is -0.862. The Morgan fingerprint density at radius 2 is 2.20 bits per heavy atom. The molecule has 1 N–H and O–H groups in total. The molecule has 0 aliphatic heterocycles. The van der Waals surface area contributed by atoms with Crippen molar-refractivity contribution in [3.8, 4) is 0 Å².